The highest BCUT2D eigenvalue weighted by molar-refractivity contribution is 9.10. The quantitative estimate of drug-likeness (QED) is 0.753. The second-order valence-electron chi connectivity index (χ2n) is 4.48. The van der Waals surface area contributed by atoms with Crippen molar-refractivity contribution in [3.8, 4) is 0 Å². The van der Waals surface area contributed by atoms with E-state index in [9.17, 15) is 13.9 Å². The first-order valence-electron chi connectivity index (χ1n) is 6.21. The number of aliphatic hydroxyl groups excluding tert-OH is 1. The molecule has 0 bridgehead atoms. The fraction of sp³-hybridized carbons (Fsp3) is 0.200. The normalized spacial score (nSPS) is 12.5. The lowest BCUT2D eigenvalue weighted by Gasteiger charge is -2.19. The Kier molecular flexibility index (Phi) is 5.56. The Bertz CT molecular complexity index is 607. The van der Waals surface area contributed by atoms with Crippen LogP contribution in [0.25, 0.3) is 0 Å². The number of hydrogen-bond donors (Lipinski definition) is 2. The Morgan fingerprint density at radius 1 is 1.10 bits per heavy atom. The summed E-state index contributed by atoms with van der Waals surface area (Å²) in [5.74, 6) is 0. The lowest BCUT2D eigenvalue weighted by Crippen LogP contribution is -2.14. The van der Waals surface area contributed by atoms with E-state index in [-0.39, 0.29) is 18.2 Å². The van der Waals surface area contributed by atoms with Crippen LogP contribution in [0.2, 0.25) is 5.02 Å². The second kappa shape index (κ2) is 7.20. The summed E-state index contributed by atoms with van der Waals surface area (Å²) in [5, 5.41) is 13.2. The summed E-state index contributed by atoms with van der Waals surface area (Å²) in [6, 6.07) is 10.8. The van der Waals surface area contributed by atoms with Gasteiger partial charge in [0.15, 0.2) is 0 Å². The summed E-state index contributed by atoms with van der Waals surface area (Å²) in [6.45, 7) is -0.158. The molecule has 2 aromatic rings. The minimum atomic E-state index is -2.49. The zero-order valence-corrected chi connectivity index (χ0v) is 13.2. The highest BCUT2D eigenvalue weighted by Gasteiger charge is 2.13. The Morgan fingerprint density at radius 2 is 1.71 bits per heavy atom. The molecular formula is C15H13BrClF2NO. The molecule has 21 heavy (non-hydrogen) atoms. The highest BCUT2D eigenvalue weighted by atomic mass is 79.9. The van der Waals surface area contributed by atoms with Crippen LogP contribution in [0.1, 0.15) is 23.6 Å². The van der Waals surface area contributed by atoms with E-state index in [1.807, 2.05) is 0 Å². The van der Waals surface area contributed by atoms with Gasteiger partial charge in [-0.2, -0.15) is 0 Å². The minimum Gasteiger partial charge on any atom is -0.394 e. The van der Waals surface area contributed by atoms with Crippen molar-refractivity contribution in [2.75, 3.05) is 11.9 Å². The molecule has 0 aliphatic rings. The van der Waals surface area contributed by atoms with Gasteiger partial charge in [-0.3, -0.25) is 0 Å². The molecule has 0 aliphatic heterocycles. The van der Waals surface area contributed by atoms with E-state index in [1.54, 1.807) is 30.3 Å². The van der Waals surface area contributed by atoms with Crippen molar-refractivity contribution < 1.29 is 13.9 Å². The van der Waals surface area contributed by atoms with Crippen LogP contribution < -0.4 is 5.32 Å². The number of alkyl halides is 2. The third kappa shape index (κ3) is 4.15. The molecular weight excluding hydrogens is 364 g/mol. The predicted molar refractivity (Wildman–Crippen MR) is 84.0 cm³/mol. The maximum Gasteiger partial charge on any atom is 0.263 e. The molecule has 2 aromatic carbocycles. The van der Waals surface area contributed by atoms with Crippen LogP contribution in [0, 0.1) is 0 Å². The van der Waals surface area contributed by atoms with Crippen molar-refractivity contribution in [2.45, 2.75) is 12.5 Å². The summed E-state index contributed by atoms with van der Waals surface area (Å²) in [5.41, 5.74) is 1.46. The Hall–Kier alpha value is -1.17. The molecule has 2 nitrogen and oxygen atoms in total. The van der Waals surface area contributed by atoms with E-state index in [0.29, 0.717) is 5.02 Å². The molecule has 2 N–H and O–H groups in total. The van der Waals surface area contributed by atoms with Gasteiger partial charge in [0.05, 0.1) is 17.7 Å². The van der Waals surface area contributed by atoms with Crippen molar-refractivity contribution in [3.63, 3.8) is 0 Å². The van der Waals surface area contributed by atoms with Crippen LogP contribution in [0.4, 0.5) is 14.5 Å². The average Bonchev–Trinajstić information content (AvgIpc) is 2.48. The Balaban J connectivity index is 2.17. The summed E-state index contributed by atoms with van der Waals surface area (Å²) < 4.78 is 25.8. The molecule has 0 heterocycles. The zero-order valence-electron chi connectivity index (χ0n) is 10.9. The summed E-state index contributed by atoms with van der Waals surface area (Å²) in [4.78, 5) is 0. The molecule has 6 heteroatoms. The standard InChI is InChI=1S/C15H13BrClF2NO/c16-12-7-11(5-6-13(12)17)20-14(8-21)9-1-3-10(4-2-9)15(18)19/h1-7,14-15,20-21H,8H2. The van der Waals surface area contributed by atoms with E-state index in [2.05, 4.69) is 21.2 Å². The van der Waals surface area contributed by atoms with Crippen molar-refractivity contribution in [1.82, 2.24) is 0 Å². The zero-order chi connectivity index (χ0) is 15.4. The second-order valence-corrected chi connectivity index (χ2v) is 5.74. The van der Waals surface area contributed by atoms with E-state index in [4.69, 9.17) is 11.6 Å². The topological polar surface area (TPSA) is 32.3 Å². The molecule has 1 unspecified atom stereocenters. The smallest absolute Gasteiger partial charge is 0.263 e. The van der Waals surface area contributed by atoms with Crippen LogP contribution in [0.5, 0.6) is 0 Å². The number of hydrogen-bond acceptors (Lipinski definition) is 2. The van der Waals surface area contributed by atoms with Gasteiger partial charge < -0.3 is 10.4 Å². The highest BCUT2D eigenvalue weighted by Crippen LogP contribution is 2.28. The fourth-order valence-electron chi connectivity index (χ4n) is 1.90. The van der Waals surface area contributed by atoms with Crippen molar-refractivity contribution in [1.29, 1.82) is 0 Å². The number of benzene rings is 2. The number of nitrogens with one attached hydrogen (secondary N) is 1. The Labute approximate surface area is 134 Å². The maximum absolute atomic E-state index is 12.5. The van der Waals surface area contributed by atoms with E-state index >= 15 is 0 Å². The van der Waals surface area contributed by atoms with E-state index < -0.39 is 6.43 Å². The summed E-state index contributed by atoms with van der Waals surface area (Å²) in [7, 11) is 0. The number of anilines is 1. The minimum absolute atomic E-state index is 0.0373. The number of aliphatic hydroxyl groups is 1. The summed E-state index contributed by atoms with van der Waals surface area (Å²) in [6.07, 6.45) is -2.49. The third-order valence-electron chi connectivity index (χ3n) is 3.03. The fourth-order valence-corrected chi connectivity index (χ4v) is 2.39. The van der Waals surface area contributed by atoms with E-state index in [1.165, 1.54) is 12.1 Å². The van der Waals surface area contributed by atoms with Gasteiger partial charge in [0.1, 0.15) is 0 Å². The van der Waals surface area contributed by atoms with Crippen LogP contribution in [-0.2, 0) is 0 Å². The van der Waals surface area contributed by atoms with Crippen LogP contribution >= 0.6 is 27.5 Å². The third-order valence-corrected chi connectivity index (χ3v) is 4.25. The van der Waals surface area contributed by atoms with Crippen LogP contribution in [0.3, 0.4) is 0 Å². The average molecular weight is 377 g/mol. The molecule has 0 aliphatic carbocycles. The molecule has 0 spiro atoms. The molecule has 1 atom stereocenters. The lowest BCUT2D eigenvalue weighted by molar-refractivity contribution is 0.151. The first-order valence-corrected chi connectivity index (χ1v) is 7.39. The molecule has 0 radical (unpaired) electrons. The van der Waals surface area contributed by atoms with Gasteiger partial charge in [-0.1, -0.05) is 35.9 Å². The van der Waals surface area contributed by atoms with Gasteiger partial charge in [-0.15, -0.1) is 0 Å². The van der Waals surface area contributed by atoms with Gasteiger partial charge in [-0.25, -0.2) is 8.78 Å². The number of halogens is 4. The van der Waals surface area contributed by atoms with E-state index in [0.717, 1.165) is 15.7 Å². The molecule has 0 fully saturated rings. The first-order chi connectivity index (χ1) is 10.0. The first kappa shape index (κ1) is 16.2. The van der Waals surface area contributed by atoms with Crippen molar-refractivity contribution in [2.24, 2.45) is 0 Å². The van der Waals surface area contributed by atoms with Gasteiger partial charge in [0.25, 0.3) is 6.43 Å². The monoisotopic (exact) mass is 375 g/mol. The number of rotatable bonds is 5. The van der Waals surface area contributed by atoms with Gasteiger partial charge in [0, 0.05) is 15.7 Å². The molecule has 112 valence electrons. The van der Waals surface area contributed by atoms with Crippen LogP contribution in [0.15, 0.2) is 46.9 Å². The van der Waals surface area contributed by atoms with Crippen LogP contribution in [-0.4, -0.2) is 11.7 Å². The van der Waals surface area contributed by atoms with Crippen molar-refractivity contribution in [3.05, 3.63) is 63.1 Å². The lowest BCUT2D eigenvalue weighted by atomic mass is 10.0. The van der Waals surface area contributed by atoms with Crippen molar-refractivity contribution >= 4 is 33.2 Å². The predicted octanol–water partition coefficient (Wildman–Crippen LogP) is 5.19. The Morgan fingerprint density at radius 3 is 2.24 bits per heavy atom. The molecule has 0 aromatic heterocycles. The largest absolute Gasteiger partial charge is 0.394 e. The molecule has 0 amide bonds. The SMILES string of the molecule is OCC(Nc1ccc(Cl)c(Br)c1)c1ccc(C(F)F)cc1. The van der Waals surface area contributed by atoms with Gasteiger partial charge >= 0.3 is 0 Å². The van der Waals surface area contributed by atoms with Gasteiger partial charge in [0.2, 0.25) is 0 Å². The molecule has 0 saturated heterocycles. The maximum atomic E-state index is 12.5. The molecule has 2 rings (SSSR count). The molecule has 0 saturated carbocycles. The summed E-state index contributed by atoms with van der Waals surface area (Å²) >= 11 is 9.24. The van der Waals surface area contributed by atoms with Gasteiger partial charge in [-0.05, 0) is 39.7 Å².